The summed E-state index contributed by atoms with van der Waals surface area (Å²) in [5.41, 5.74) is 0.667. The van der Waals surface area contributed by atoms with Gasteiger partial charge in [0.2, 0.25) is 5.75 Å². The third-order valence-electron chi connectivity index (χ3n) is 5.03. The van der Waals surface area contributed by atoms with Gasteiger partial charge in [-0.05, 0) is 41.5 Å². The smallest absolute Gasteiger partial charge is 0.270 e. The van der Waals surface area contributed by atoms with Gasteiger partial charge in [-0.3, -0.25) is 14.8 Å². The Morgan fingerprint density at radius 2 is 1.44 bits per heavy atom. The fraction of sp³-hybridized carbons (Fsp3) is 0.167. The summed E-state index contributed by atoms with van der Waals surface area (Å²) < 4.78 is 49.3. The van der Waals surface area contributed by atoms with Gasteiger partial charge in [0.15, 0.2) is 23.0 Å². The molecular weight excluding hydrogens is 492 g/mol. The highest BCUT2D eigenvalue weighted by Crippen LogP contribution is 2.40. The highest BCUT2D eigenvalue weighted by molar-refractivity contribution is 7.92. The lowest BCUT2D eigenvalue weighted by Crippen LogP contribution is -2.14. The van der Waals surface area contributed by atoms with Gasteiger partial charge in [-0.15, -0.1) is 0 Å². The van der Waals surface area contributed by atoms with Gasteiger partial charge in [-0.2, -0.15) is 0 Å². The molecule has 0 bridgehead atoms. The van der Waals surface area contributed by atoms with Crippen molar-refractivity contribution in [3.63, 3.8) is 0 Å². The molecule has 0 saturated carbocycles. The number of benzene rings is 3. The molecule has 11 nitrogen and oxygen atoms in total. The van der Waals surface area contributed by atoms with E-state index in [2.05, 4.69) is 4.72 Å². The van der Waals surface area contributed by atoms with Crippen LogP contribution in [0.1, 0.15) is 11.1 Å². The summed E-state index contributed by atoms with van der Waals surface area (Å²) in [6.45, 7) is 0. The molecule has 0 atom stereocenters. The van der Waals surface area contributed by atoms with E-state index in [1.165, 1.54) is 58.8 Å². The van der Waals surface area contributed by atoms with Gasteiger partial charge >= 0.3 is 0 Å². The van der Waals surface area contributed by atoms with E-state index >= 15 is 0 Å². The second kappa shape index (κ2) is 10.9. The van der Waals surface area contributed by atoms with E-state index in [0.29, 0.717) is 28.4 Å². The van der Waals surface area contributed by atoms with Gasteiger partial charge in [-0.1, -0.05) is 18.2 Å². The number of nitrogens with zero attached hydrogens (tertiary/aromatic N) is 1. The summed E-state index contributed by atoms with van der Waals surface area (Å²) in [7, 11) is 1.50. The maximum absolute atomic E-state index is 12.9. The number of nitro groups is 1. The number of hydrogen-bond acceptors (Lipinski definition) is 9. The molecule has 0 fully saturated rings. The minimum absolute atomic E-state index is 0.0615. The molecule has 0 aliphatic rings. The highest BCUT2D eigenvalue weighted by Gasteiger charge is 2.21. The van der Waals surface area contributed by atoms with E-state index in [9.17, 15) is 23.6 Å². The van der Waals surface area contributed by atoms with Crippen molar-refractivity contribution in [2.45, 2.75) is 4.90 Å². The lowest BCUT2D eigenvalue weighted by molar-refractivity contribution is -0.385. The Morgan fingerprint density at radius 1 is 0.861 bits per heavy atom. The molecule has 0 heterocycles. The first-order valence-corrected chi connectivity index (χ1v) is 11.8. The normalized spacial score (nSPS) is 11.2. The molecule has 190 valence electrons. The monoisotopic (exact) mass is 516 g/mol. The van der Waals surface area contributed by atoms with Crippen molar-refractivity contribution in [2.75, 3.05) is 33.2 Å². The molecular formula is C24H24N2O9S. The van der Waals surface area contributed by atoms with Crippen molar-refractivity contribution in [3.8, 4) is 28.7 Å². The lowest BCUT2D eigenvalue weighted by Gasteiger charge is -2.14. The third kappa shape index (κ3) is 5.61. The largest absolute Gasteiger partial charge is 0.504 e. The van der Waals surface area contributed by atoms with Crippen LogP contribution < -0.4 is 23.7 Å². The Bertz CT molecular complexity index is 1390. The Balaban J connectivity index is 2.00. The van der Waals surface area contributed by atoms with Crippen LogP contribution in [0.4, 0.5) is 11.4 Å². The molecule has 2 N–H and O–H groups in total. The van der Waals surface area contributed by atoms with Crippen LogP contribution in [-0.2, 0) is 10.0 Å². The quantitative estimate of drug-likeness (QED) is 0.229. The molecule has 12 heteroatoms. The number of non-ortho nitro benzene ring substituents is 1. The first kappa shape index (κ1) is 26.2. The topological polar surface area (TPSA) is 146 Å². The maximum atomic E-state index is 12.9. The summed E-state index contributed by atoms with van der Waals surface area (Å²) in [5, 5.41) is 21.5. The first-order chi connectivity index (χ1) is 17.1. The molecule has 0 spiro atoms. The summed E-state index contributed by atoms with van der Waals surface area (Å²) in [4.78, 5) is 10.0. The highest BCUT2D eigenvalue weighted by atomic mass is 32.2. The number of hydrogen-bond donors (Lipinski definition) is 2. The molecule has 0 radical (unpaired) electrons. The van der Waals surface area contributed by atoms with E-state index < -0.39 is 14.9 Å². The van der Waals surface area contributed by atoms with Crippen LogP contribution >= 0.6 is 0 Å². The SMILES string of the molecule is COc1cc(/C=C\c2cc(O)c(OC)c(NS(=O)(=O)c3cccc([N+](=O)[O-])c3)c2)cc(OC)c1OC. The number of anilines is 1. The Morgan fingerprint density at radius 3 is 1.97 bits per heavy atom. The van der Waals surface area contributed by atoms with Crippen LogP contribution in [0.25, 0.3) is 12.2 Å². The third-order valence-corrected chi connectivity index (χ3v) is 6.40. The molecule has 0 saturated heterocycles. The van der Waals surface area contributed by atoms with Crippen molar-refractivity contribution >= 4 is 33.6 Å². The van der Waals surface area contributed by atoms with Crippen LogP contribution in [-0.4, -0.2) is 46.9 Å². The number of aromatic hydroxyl groups is 1. The predicted octanol–water partition coefficient (Wildman–Crippen LogP) is 4.31. The number of ether oxygens (including phenoxy) is 4. The van der Waals surface area contributed by atoms with E-state index in [-0.39, 0.29) is 27.8 Å². The average Bonchev–Trinajstić information content (AvgIpc) is 2.86. The van der Waals surface area contributed by atoms with Crippen molar-refractivity contribution in [3.05, 3.63) is 69.8 Å². The van der Waals surface area contributed by atoms with Crippen LogP contribution in [0.2, 0.25) is 0 Å². The molecule has 0 aromatic heterocycles. The van der Waals surface area contributed by atoms with Gasteiger partial charge in [0.1, 0.15) is 0 Å². The van der Waals surface area contributed by atoms with Gasteiger partial charge in [0.05, 0.1) is 43.9 Å². The minimum atomic E-state index is -4.24. The van der Waals surface area contributed by atoms with Crippen LogP contribution in [0.3, 0.4) is 0 Å². The molecule has 0 aliphatic heterocycles. The Kier molecular flexibility index (Phi) is 7.90. The Hall–Kier alpha value is -4.45. The summed E-state index contributed by atoms with van der Waals surface area (Å²) in [5.74, 6) is 0.881. The van der Waals surface area contributed by atoms with E-state index in [4.69, 9.17) is 18.9 Å². The Labute approximate surface area is 207 Å². The summed E-state index contributed by atoms with van der Waals surface area (Å²) in [6, 6.07) is 10.9. The van der Waals surface area contributed by atoms with Gasteiger partial charge < -0.3 is 24.1 Å². The molecule has 3 rings (SSSR count). The van der Waals surface area contributed by atoms with E-state index in [1.807, 2.05) is 0 Å². The molecule has 0 aliphatic carbocycles. The van der Waals surface area contributed by atoms with Crippen molar-refractivity contribution in [1.82, 2.24) is 0 Å². The molecule has 3 aromatic carbocycles. The van der Waals surface area contributed by atoms with Crippen molar-refractivity contribution < 1.29 is 37.4 Å². The molecule has 0 amide bonds. The predicted molar refractivity (Wildman–Crippen MR) is 134 cm³/mol. The van der Waals surface area contributed by atoms with Crippen molar-refractivity contribution in [1.29, 1.82) is 0 Å². The zero-order valence-corrected chi connectivity index (χ0v) is 20.7. The second-order valence-electron chi connectivity index (χ2n) is 7.27. The fourth-order valence-electron chi connectivity index (χ4n) is 3.38. The zero-order valence-electron chi connectivity index (χ0n) is 19.8. The number of nitrogens with one attached hydrogen (secondary N) is 1. The van der Waals surface area contributed by atoms with E-state index in [1.54, 1.807) is 24.3 Å². The first-order valence-electron chi connectivity index (χ1n) is 10.3. The maximum Gasteiger partial charge on any atom is 0.270 e. The lowest BCUT2D eigenvalue weighted by atomic mass is 10.1. The summed E-state index contributed by atoms with van der Waals surface area (Å²) in [6.07, 6.45) is 3.33. The van der Waals surface area contributed by atoms with Gasteiger partial charge in [0, 0.05) is 12.1 Å². The zero-order chi connectivity index (χ0) is 26.5. The number of phenols is 1. The van der Waals surface area contributed by atoms with Gasteiger partial charge in [-0.25, -0.2) is 8.42 Å². The number of nitro benzene ring substituents is 1. The number of phenolic OH excluding ortho intramolecular Hbond substituents is 1. The second-order valence-corrected chi connectivity index (χ2v) is 8.96. The number of sulfonamides is 1. The summed E-state index contributed by atoms with van der Waals surface area (Å²) >= 11 is 0. The number of rotatable bonds is 10. The van der Waals surface area contributed by atoms with E-state index in [0.717, 1.165) is 6.07 Å². The van der Waals surface area contributed by atoms with Gasteiger partial charge in [0.25, 0.3) is 15.7 Å². The molecule has 36 heavy (non-hydrogen) atoms. The number of methoxy groups -OCH3 is 4. The molecule has 0 unspecified atom stereocenters. The van der Waals surface area contributed by atoms with Crippen LogP contribution in [0, 0.1) is 10.1 Å². The fourth-order valence-corrected chi connectivity index (χ4v) is 4.47. The van der Waals surface area contributed by atoms with Crippen LogP contribution in [0.15, 0.2) is 53.4 Å². The average molecular weight is 517 g/mol. The standard InChI is InChI=1S/C24H24N2O9S/c1-32-21-12-16(13-22(33-2)24(21)35-4)9-8-15-10-19(23(34-3)20(27)11-15)25-36(30,31)18-7-5-6-17(14-18)26(28)29/h5-14,25,27H,1-4H3/b9-8-. The minimum Gasteiger partial charge on any atom is -0.504 e. The van der Waals surface area contributed by atoms with Crippen LogP contribution in [0.5, 0.6) is 28.7 Å². The molecule has 3 aromatic rings. The van der Waals surface area contributed by atoms with Crippen molar-refractivity contribution in [2.24, 2.45) is 0 Å².